The highest BCUT2D eigenvalue weighted by Crippen LogP contribution is 2.42. The number of nitrogen functional groups attached to an aromatic ring is 1. The van der Waals surface area contributed by atoms with Crippen LogP contribution in [-0.4, -0.2) is 5.11 Å². The first-order valence-electron chi connectivity index (χ1n) is 8.24. The average molecular weight is 360 g/mol. The predicted molar refractivity (Wildman–Crippen MR) is 106 cm³/mol. The van der Waals surface area contributed by atoms with Gasteiger partial charge in [-0.1, -0.05) is 59.2 Å². The van der Waals surface area contributed by atoms with Gasteiger partial charge in [0, 0.05) is 10.6 Å². The van der Waals surface area contributed by atoms with Crippen molar-refractivity contribution in [1.29, 1.82) is 0 Å². The lowest BCUT2D eigenvalue weighted by molar-refractivity contribution is 0.446. The van der Waals surface area contributed by atoms with Crippen molar-refractivity contribution in [2.24, 2.45) is 10.2 Å². The highest BCUT2D eigenvalue weighted by molar-refractivity contribution is 6.31. The van der Waals surface area contributed by atoms with Gasteiger partial charge in [0.05, 0.1) is 5.69 Å². The molecule has 0 radical (unpaired) electrons. The SMILES string of the molecule is CC(C)(C)c1cc(N=Nc2ccc(Cl)cc2N)c(O)c(C(C)(C)C)c1. The molecule has 2 aromatic carbocycles. The summed E-state index contributed by atoms with van der Waals surface area (Å²) in [5.74, 6) is 0.150. The van der Waals surface area contributed by atoms with E-state index in [0.717, 1.165) is 11.1 Å². The lowest BCUT2D eigenvalue weighted by Gasteiger charge is -2.26. The number of rotatable bonds is 2. The molecule has 0 atom stereocenters. The number of nitrogens with two attached hydrogens (primary N) is 1. The van der Waals surface area contributed by atoms with E-state index in [1.807, 2.05) is 12.1 Å². The van der Waals surface area contributed by atoms with Crippen LogP contribution in [0.15, 0.2) is 40.6 Å². The second-order valence-corrected chi connectivity index (χ2v) is 8.73. The summed E-state index contributed by atoms with van der Waals surface area (Å²) >= 11 is 5.91. The van der Waals surface area contributed by atoms with Crippen molar-refractivity contribution in [3.63, 3.8) is 0 Å². The largest absolute Gasteiger partial charge is 0.505 e. The minimum atomic E-state index is -0.213. The Morgan fingerprint density at radius 1 is 0.880 bits per heavy atom. The fourth-order valence-electron chi connectivity index (χ4n) is 2.42. The summed E-state index contributed by atoms with van der Waals surface area (Å²) in [6.07, 6.45) is 0. The van der Waals surface area contributed by atoms with Crippen molar-refractivity contribution < 1.29 is 5.11 Å². The van der Waals surface area contributed by atoms with Crippen molar-refractivity contribution in [3.05, 3.63) is 46.5 Å². The van der Waals surface area contributed by atoms with E-state index in [-0.39, 0.29) is 16.6 Å². The van der Waals surface area contributed by atoms with Crippen LogP contribution in [0.1, 0.15) is 52.7 Å². The molecule has 0 aliphatic rings. The van der Waals surface area contributed by atoms with Gasteiger partial charge in [-0.3, -0.25) is 0 Å². The van der Waals surface area contributed by atoms with E-state index in [1.54, 1.807) is 18.2 Å². The van der Waals surface area contributed by atoms with Crippen molar-refractivity contribution >= 4 is 28.7 Å². The fourth-order valence-corrected chi connectivity index (χ4v) is 2.60. The molecule has 0 heterocycles. The van der Waals surface area contributed by atoms with E-state index in [2.05, 4.69) is 51.8 Å². The Morgan fingerprint density at radius 2 is 1.48 bits per heavy atom. The first kappa shape index (κ1) is 19.3. The summed E-state index contributed by atoms with van der Waals surface area (Å²) in [5.41, 5.74) is 8.97. The number of phenols is 1. The van der Waals surface area contributed by atoms with Gasteiger partial charge in [-0.05, 0) is 40.7 Å². The summed E-state index contributed by atoms with van der Waals surface area (Å²) in [6.45, 7) is 12.6. The minimum Gasteiger partial charge on any atom is -0.505 e. The Hall–Kier alpha value is -2.07. The van der Waals surface area contributed by atoms with Gasteiger partial charge in [0.1, 0.15) is 17.1 Å². The zero-order valence-corrected chi connectivity index (χ0v) is 16.4. The average Bonchev–Trinajstić information content (AvgIpc) is 2.45. The Bertz CT molecular complexity index is 815. The first-order valence-corrected chi connectivity index (χ1v) is 8.62. The standard InChI is InChI=1S/C20H26ClN3O/c1-19(2,3)12-9-14(20(4,5)6)18(25)17(10-12)24-23-16-8-7-13(21)11-15(16)22/h7-11,25H,22H2,1-6H3. The molecule has 0 aliphatic carbocycles. The van der Waals surface area contributed by atoms with Crippen molar-refractivity contribution in [2.45, 2.75) is 52.4 Å². The van der Waals surface area contributed by atoms with E-state index in [4.69, 9.17) is 17.3 Å². The summed E-state index contributed by atoms with van der Waals surface area (Å²) in [4.78, 5) is 0. The molecule has 0 unspecified atom stereocenters. The van der Waals surface area contributed by atoms with Crippen LogP contribution in [0.3, 0.4) is 0 Å². The number of halogens is 1. The third-order valence-corrected chi connectivity index (χ3v) is 4.25. The van der Waals surface area contributed by atoms with E-state index in [1.165, 1.54) is 0 Å². The normalized spacial score (nSPS) is 12.8. The molecule has 0 aromatic heterocycles. The van der Waals surface area contributed by atoms with Crippen LogP contribution >= 0.6 is 11.6 Å². The number of benzene rings is 2. The molecule has 0 amide bonds. The maximum Gasteiger partial charge on any atom is 0.146 e. The van der Waals surface area contributed by atoms with E-state index in [0.29, 0.717) is 22.1 Å². The van der Waals surface area contributed by atoms with Gasteiger partial charge in [-0.2, -0.15) is 0 Å². The first-order chi connectivity index (χ1) is 11.4. The lowest BCUT2D eigenvalue weighted by atomic mass is 9.80. The van der Waals surface area contributed by atoms with Gasteiger partial charge in [-0.25, -0.2) is 0 Å². The maximum absolute atomic E-state index is 10.7. The number of phenolic OH excluding ortho intramolecular Hbond substituents is 1. The molecule has 25 heavy (non-hydrogen) atoms. The number of aromatic hydroxyl groups is 1. The van der Waals surface area contributed by atoms with Crippen LogP contribution in [0.5, 0.6) is 5.75 Å². The Morgan fingerprint density at radius 3 is 2.00 bits per heavy atom. The van der Waals surface area contributed by atoms with Gasteiger partial charge >= 0.3 is 0 Å². The van der Waals surface area contributed by atoms with Crippen LogP contribution in [0, 0.1) is 0 Å². The molecule has 134 valence electrons. The smallest absolute Gasteiger partial charge is 0.146 e. The molecule has 0 saturated carbocycles. The molecule has 0 fully saturated rings. The molecule has 2 aromatic rings. The van der Waals surface area contributed by atoms with Gasteiger partial charge in [0.2, 0.25) is 0 Å². The molecular weight excluding hydrogens is 334 g/mol. The monoisotopic (exact) mass is 359 g/mol. The lowest BCUT2D eigenvalue weighted by Crippen LogP contribution is -2.16. The van der Waals surface area contributed by atoms with Gasteiger partial charge in [-0.15, -0.1) is 10.2 Å². The van der Waals surface area contributed by atoms with E-state index < -0.39 is 0 Å². The quantitative estimate of drug-likeness (QED) is 0.466. The van der Waals surface area contributed by atoms with Crippen molar-refractivity contribution in [1.82, 2.24) is 0 Å². The van der Waals surface area contributed by atoms with Crippen LogP contribution in [-0.2, 0) is 10.8 Å². The third kappa shape index (κ3) is 4.51. The molecule has 0 saturated heterocycles. The zero-order valence-electron chi connectivity index (χ0n) is 15.7. The van der Waals surface area contributed by atoms with Gasteiger partial charge < -0.3 is 10.8 Å². The van der Waals surface area contributed by atoms with Crippen molar-refractivity contribution in [3.8, 4) is 5.75 Å². The molecule has 2 rings (SSSR count). The number of anilines is 1. The summed E-state index contributed by atoms with van der Waals surface area (Å²) < 4.78 is 0. The Balaban J connectivity index is 2.58. The zero-order chi connectivity index (χ0) is 19.0. The number of hydrogen-bond acceptors (Lipinski definition) is 4. The minimum absolute atomic E-state index is 0.0722. The van der Waals surface area contributed by atoms with Crippen LogP contribution in [0.25, 0.3) is 0 Å². The van der Waals surface area contributed by atoms with E-state index >= 15 is 0 Å². The predicted octanol–water partition coefficient (Wildman–Crippen LogP) is 6.64. The molecular formula is C20H26ClN3O. The number of nitrogens with zero attached hydrogens (tertiary/aromatic N) is 2. The number of azo groups is 1. The second kappa shape index (κ2) is 6.68. The van der Waals surface area contributed by atoms with Gasteiger partial charge in [0.25, 0.3) is 0 Å². The molecule has 5 heteroatoms. The Labute approximate surface area is 154 Å². The number of hydrogen-bond donors (Lipinski definition) is 2. The highest BCUT2D eigenvalue weighted by atomic mass is 35.5. The highest BCUT2D eigenvalue weighted by Gasteiger charge is 2.25. The maximum atomic E-state index is 10.7. The van der Waals surface area contributed by atoms with Crippen LogP contribution in [0.2, 0.25) is 5.02 Å². The molecule has 3 N–H and O–H groups in total. The topological polar surface area (TPSA) is 71.0 Å². The van der Waals surface area contributed by atoms with Gasteiger partial charge in [0.15, 0.2) is 0 Å². The Kier molecular flexibility index (Phi) is 5.14. The molecule has 0 bridgehead atoms. The molecule has 0 spiro atoms. The molecule has 0 aliphatic heterocycles. The second-order valence-electron chi connectivity index (χ2n) is 8.29. The molecule has 4 nitrogen and oxygen atoms in total. The van der Waals surface area contributed by atoms with E-state index in [9.17, 15) is 5.11 Å². The van der Waals surface area contributed by atoms with Crippen LogP contribution < -0.4 is 5.73 Å². The van der Waals surface area contributed by atoms with Crippen LogP contribution in [0.4, 0.5) is 17.1 Å². The van der Waals surface area contributed by atoms with Crippen molar-refractivity contribution in [2.75, 3.05) is 5.73 Å². The fraction of sp³-hybridized carbons (Fsp3) is 0.400. The summed E-state index contributed by atoms with van der Waals surface area (Å²) in [5, 5.41) is 19.7. The third-order valence-electron chi connectivity index (χ3n) is 4.02. The summed E-state index contributed by atoms with van der Waals surface area (Å²) in [6, 6.07) is 8.96. The summed E-state index contributed by atoms with van der Waals surface area (Å²) in [7, 11) is 0.